The number of Topliss-reactive ketones (excluding diaryl/α,β-unsaturated/α-hetero) is 1. The Hall–Kier alpha value is -3.94. The Balaban J connectivity index is 1.58. The van der Waals surface area contributed by atoms with Crippen LogP contribution in [-0.2, 0) is 4.79 Å². The monoisotopic (exact) mass is 460 g/mol. The van der Waals surface area contributed by atoms with E-state index in [0.29, 0.717) is 41.2 Å². The van der Waals surface area contributed by atoms with Gasteiger partial charge in [-0.2, -0.15) is 5.10 Å². The third kappa shape index (κ3) is 3.85. The van der Waals surface area contributed by atoms with Crippen LogP contribution in [0.4, 0.5) is 15.9 Å². The lowest BCUT2D eigenvalue weighted by Crippen LogP contribution is -2.37. The quantitative estimate of drug-likeness (QED) is 0.576. The van der Waals surface area contributed by atoms with Gasteiger partial charge in [-0.15, -0.1) is 0 Å². The minimum Gasteiger partial charge on any atom is -0.497 e. The topological polar surface area (TPSA) is 85.2 Å². The van der Waals surface area contributed by atoms with Crippen LogP contribution < -0.4 is 15.4 Å². The molecule has 5 rings (SSSR count). The summed E-state index contributed by atoms with van der Waals surface area (Å²) in [6.07, 6.45) is 2.60. The van der Waals surface area contributed by atoms with E-state index >= 15 is 0 Å². The van der Waals surface area contributed by atoms with Crippen LogP contribution >= 0.6 is 0 Å². The van der Waals surface area contributed by atoms with Gasteiger partial charge < -0.3 is 15.4 Å². The zero-order valence-electron chi connectivity index (χ0n) is 19.2. The van der Waals surface area contributed by atoms with Crippen LogP contribution in [0.1, 0.15) is 48.7 Å². The van der Waals surface area contributed by atoms with Crippen molar-refractivity contribution >= 4 is 23.2 Å². The molecule has 0 saturated heterocycles. The Morgan fingerprint density at radius 3 is 2.53 bits per heavy atom. The SMILES string of the molecule is COc1ccc(C2C3=C(CC(C)(C)CC3=O)Nc3c(C(=O)Nc4ccc(F)cc4)cnn32)cc1. The fourth-order valence-electron chi connectivity index (χ4n) is 4.70. The number of methoxy groups -OCH3 is 1. The molecule has 8 heteroatoms. The lowest BCUT2D eigenvalue weighted by molar-refractivity contribution is -0.118. The average molecular weight is 461 g/mol. The van der Waals surface area contributed by atoms with Crippen molar-refractivity contribution in [2.75, 3.05) is 17.7 Å². The molecule has 1 aliphatic carbocycles. The first-order valence-corrected chi connectivity index (χ1v) is 11.1. The fraction of sp³-hybridized carbons (Fsp3) is 0.269. The number of amides is 1. The molecule has 0 saturated carbocycles. The molecular formula is C26H25FN4O3. The maximum atomic E-state index is 13.3. The summed E-state index contributed by atoms with van der Waals surface area (Å²) in [7, 11) is 1.60. The van der Waals surface area contributed by atoms with Crippen LogP contribution in [0.25, 0.3) is 0 Å². The van der Waals surface area contributed by atoms with Crippen molar-refractivity contribution in [2.45, 2.75) is 32.7 Å². The molecule has 7 nitrogen and oxygen atoms in total. The van der Waals surface area contributed by atoms with Crippen molar-refractivity contribution in [3.63, 3.8) is 0 Å². The molecule has 0 bridgehead atoms. The summed E-state index contributed by atoms with van der Waals surface area (Å²) in [6, 6.07) is 12.6. The van der Waals surface area contributed by atoms with E-state index in [4.69, 9.17) is 4.74 Å². The molecule has 0 fully saturated rings. The zero-order chi connectivity index (χ0) is 24.0. The second kappa shape index (κ2) is 8.13. The molecule has 1 aliphatic heterocycles. The lowest BCUT2D eigenvalue weighted by atomic mass is 9.73. The molecule has 2 aliphatic rings. The number of benzene rings is 2. The third-order valence-electron chi connectivity index (χ3n) is 6.28. The molecule has 34 heavy (non-hydrogen) atoms. The number of ketones is 1. The Kier molecular flexibility index (Phi) is 5.23. The van der Waals surface area contributed by atoms with Gasteiger partial charge in [0, 0.05) is 23.4 Å². The van der Waals surface area contributed by atoms with Crippen molar-refractivity contribution < 1.29 is 18.7 Å². The minimum absolute atomic E-state index is 0.0676. The van der Waals surface area contributed by atoms with Crippen molar-refractivity contribution in [3.8, 4) is 5.75 Å². The van der Waals surface area contributed by atoms with Gasteiger partial charge in [-0.05, 0) is 53.8 Å². The molecule has 2 aromatic carbocycles. The van der Waals surface area contributed by atoms with Crippen LogP contribution in [0, 0.1) is 11.2 Å². The second-order valence-electron chi connectivity index (χ2n) is 9.45. The van der Waals surface area contributed by atoms with Crippen molar-refractivity contribution in [3.05, 3.63) is 82.9 Å². The van der Waals surface area contributed by atoms with E-state index in [1.165, 1.54) is 30.5 Å². The first-order chi connectivity index (χ1) is 16.3. The van der Waals surface area contributed by atoms with E-state index in [-0.39, 0.29) is 22.9 Å². The van der Waals surface area contributed by atoms with Crippen molar-refractivity contribution in [1.29, 1.82) is 0 Å². The van der Waals surface area contributed by atoms with Gasteiger partial charge in [-0.3, -0.25) is 9.59 Å². The molecule has 3 aromatic rings. The Labute approximate surface area is 196 Å². The maximum absolute atomic E-state index is 13.3. The van der Waals surface area contributed by atoms with Gasteiger partial charge in [-0.1, -0.05) is 26.0 Å². The average Bonchev–Trinajstić information content (AvgIpc) is 3.22. The van der Waals surface area contributed by atoms with Crippen LogP contribution in [0.3, 0.4) is 0 Å². The summed E-state index contributed by atoms with van der Waals surface area (Å²) in [5, 5.41) is 10.6. The predicted molar refractivity (Wildman–Crippen MR) is 126 cm³/mol. The number of carbonyl (C=O) groups excluding carboxylic acids is 2. The third-order valence-corrected chi connectivity index (χ3v) is 6.28. The molecule has 1 amide bonds. The first-order valence-electron chi connectivity index (χ1n) is 11.1. The van der Waals surface area contributed by atoms with Crippen LogP contribution in [0.15, 0.2) is 66.0 Å². The lowest BCUT2D eigenvalue weighted by Gasteiger charge is -2.39. The highest BCUT2D eigenvalue weighted by Gasteiger charge is 2.42. The number of fused-ring (bicyclic) bond motifs is 1. The number of nitrogens with zero attached hydrogens (tertiary/aromatic N) is 2. The number of aromatic nitrogens is 2. The molecule has 1 aromatic heterocycles. The highest BCUT2D eigenvalue weighted by molar-refractivity contribution is 6.08. The minimum atomic E-state index is -0.465. The van der Waals surface area contributed by atoms with Gasteiger partial charge in [0.05, 0.1) is 13.3 Å². The van der Waals surface area contributed by atoms with Gasteiger partial charge in [0.25, 0.3) is 5.91 Å². The summed E-state index contributed by atoms with van der Waals surface area (Å²) >= 11 is 0. The van der Waals surface area contributed by atoms with Crippen LogP contribution in [0.5, 0.6) is 5.75 Å². The first kappa shape index (κ1) is 21.9. The Morgan fingerprint density at radius 2 is 1.85 bits per heavy atom. The van der Waals surface area contributed by atoms with E-state index in [9.17, 15) is 14.0 Å². The van der Waals surface area contributed by atoms with Gasteiger partial charge in [-0.25, -0.2) is 9.07 Å². The smallest absolute Gasteiger partial charge is 0.261 e. The Morgan fingerprint density at radius 1 is 1.15 bits per heavy atom. The van der Waals surface area contributed by atoms with Crippen molar-refractivity contribution in [1.82, 2.24) is 9.78 Å². The summed E-state index contributed by atoms with van der Waals surface area (Å²) < 4.78 is 20.2. The highest BCUT2D eigenvalue weighted by atomic mass is 19.1. The van der Waals surface area contributed by atoms with Crippen molar-refractivity contribution in [2.24, 2.45) is 5.41 Å². The molecule has 1 atom stereocenters. The molecule has 174 valence electrons. The molecular weight excluding hydrogens is 435 g/mol. The predicted octanol–water partition coefficient (Wildman–Crippen LogP) is 4.94. The molecule has 0 spiro atoms. The fourth-order valence-corrected chi connectivity index (χ4v) is 4.70. The Bertz CT molecular complexity index is 1310. The summed E-state index contributed by atoms with van der Waals surface area (Å²) in [4.78, 5) is 26.4. The zero-order valence-corrected chi connectivity index (χ0v) is 19.2. The largest absolute Gasteiger partial charge is 0.497 e. The highest BCUT2D eigenvalue weighted by Crippen LogP contribution is 2.46. The maximum Gasteiger partial charge on any atom is 0.261 e. The van der Waals surface area contributed by atoms with E-state index in [2.05, 4.69) is 29.6 Å². The van der Waals surface area contributed by atoms with Crippen LogP contribution in [0.2, 0.25) is 0 Å². The molecule has 1 unspecified atom stereocenters. The van der Waals surface area contributed by atoms with Gasteiger partial charge in [0.15, 0.2) is 5.78 Å². The molecule has 2 heterocycles. The van der Waals surface area contributed by atoms with Gasteiger partial charge >= 0.3 is 0 Å². The summed E-state index contributed by atoms with van der Waals surface area (Å²) in [5.41, 5.74) is 2.97. The second-order valence-corrected chi connectivity index (χ2v) is 9.45. The van der Waals surface area contributed by atoms with E-state index in [1.807, 2.05) is 24.3 Å². The number of carbonyl (C=O) groups is 2. The van der Waals surface area contributed by atoms with E-state index in [0.717, 1.165) is 11.3 Å². The number of hydrogen-bond donors (Lipinski definition) is 2. The summed E-state index contributed by atoms with van der Waals surface area (Å²) in [5.74, 6) is 0.541. The number of anilines is 2. The number of hydrogen-bond acceptors (Lipinski definition) is 5. The summed E-state index contributed by atoms with van der Waals surface area (Å²) in [6.45, 7) is 4.12. The number of nitrogens with one attached hydrogen (secondary N) is 2. The number of halogens is 1. The van der Waals surface area contributed by atoms with Gasteiger partial charge in [0.1, 0.15) is 29.0 Å². The molecule has 2 N–H and O–H groups in total. The van der Waals surface area contributed by atoms with E-state index in [1.54, 1.807) is 11.8 Å². The van der Waals surface area contributed by atoms with Crippen LogP contribution in [-0.4, -0.2) is 28.6 Å². The van der Waals surface area contributed by atoms with E-state index < -0.39 is 6.04 Å². The molecule has 0 radical (unpaired) electrons. The van der Waals surface area contributed by atoms with Gasteiger partial charge in [0.2, 0.25) is 0 Å². The standard InChI is InChI=1S/C26H25FN4O3/c1-26(2)12-20-22(21(32)13-26)23(15-4-10-18(34-3)11-5-15)31-24(30-20)19(14-28-31)25(33)29-17-8-6-16(27)7-9-17/h4-11,14,23,30H,12-13H2,1-3H3,(H,29,33). The number of ether oxygens (including phenoxy) is 1. The number of allylic oxidation sites excluding steroid dienone is 2. The number of rotatable bonds is 4. The normalized spacial score (nSPS) is 18.6.